The summed E-state index contributed by atoms with van der Waals surface area (Å²) in [6.07, 6.45) is 1.89. The third-order valence-electron chi connectivity index (χ3n) is 4.42. The molecule has 1 atom stereocenters. The summed E-state index contributed by atoms with van der Waals surface area (Å²) < 4.78 is 20.7. The molecule has 5 heteroatoms. The van der Waals surface area contributed by atoms with E-state index in [4.69, 9.17) is 4.74 Å². The molecular formula is C19H23BrFMgNO. The number of hydrogen-bond acceptors (Lipinski definition) is 2. The van der Waals surface area contributed by atoms with Crippen LogP contribution in [0.2, 0.25) is 0 Å². The van der Waals surface area contributed by atoms with Crippen molar-refractivity contribution >= 4 is 39.0 Å². The van der Waals surface area contributed by atoms with Gasteiger partial charge in [0.15, 0.2) is 0 Å². The van der Waals surface area contributed by atoms with E-state index >= 15 is 0 Å². The maximum Gasteiger partial charge on any atom is 2.00 e. The minimum atomic E-state index is -0.472. The van der Waals surface area contributed by atoms with Crippen molar-refractivity contribution in [3.63, 3.8) is 0 Å². The zero-order valence-electron chi connectivity index (χ0n) is 16.2. The van der Waals surface area contributed by atoms with Crippen LogP contribution in [0.15, 0.2) is 46.9 Å². The van der Waals surface area contributed by atoms with Crippen LogP contribution in [-0.4, -0.2) is 48.6 Å². The Bertz CT molecular complexity index is 702. The van der Waals surface area contributed by atoms with Crippen LogP contribution in [0.5, 0.6) is 0 Å². The molecule has 1 unspecified atom stereocenters. The number of nitrogens with zero attached hydrogens (tertiary/aromatic N) is 1. The molecule has 0 aromatic heterocycles. The van der Waals surface area contributed by atoms with Gasteiger partial charge in [0.1, 0.15) is 11.4 Å². The van der Waals surface area contributed by atoms with Crippen molar-refractivity contribution < 1.29 is 12.0 Å². The van der Waals surface area contributed by atoms with Gasteiger partial charge in [-0.05, 0) is 74.4 Å². The largest absolute Gasteiger partial charge is 2.00 e. The van der Waals surface area contributed by atoms with Gasteiger partial charge in [-0.3, -0.25) is 0 Å². The zero-order valence-corrected chi connectivity index (χ0v) is 17.2. The van der Waals surface area contributed by atoms with Crippen LogP contribution in [0, 0.1) is 5.82 Å². The Morgan fingerprint density at radius 1 is 1.21 bits per heavy atom. The first-order chi connectivity index (χ1) is 11.0. The number of hydrogen-bond donors (Lipinski definition) is 0. The van der Waals surface area contributed by atoms with Gasteiger partial charge in [-0.1, -0.05) is 34.1 Å². The fraction of sp³-hybridized carbons (Fsp3) is 0.368. The Balaban J connectivity index is 0.00000208. The Morgan fingerprint density at radius 2 is 1.92 bits per heavy atom. The second-order valence-electron chi connectivity index (χ2n) is 6.33. The van der Waals surface area contributed by atoms with Crippen molar-refractivity contribution in [1.29, 1.82) is 0 Å². The van der Waals surface area contributed by atoms with Crippen molar-refractivity contribution in [3.05, 3.63) is 69.4 Å². The quantitative estimate of drug-likeness (QED) is 0.678. The number of rotatable bonds is 5. The standard InChI is InChI=1S/C19H21BrFNO.Mg.2H/c1-22(2)11-3-10-19(15-4-7-17(21)8-5-15)18-9-6-16(20)12-14(18)13-23-19;;;/h4-9,12H,3,10-11,13H2,1-2H3;;;/q;+2;2*-1. The SMILES string of the molecule is CN(C)CCCC1(c2ccc(F)cc2)OCc2cc(Br)ccc21.[H-].[H-].[Mg+2]. The molecular weight excluding hydrogens is 381 g/mol. The number of halogens is 2. The summed E-state index contributed by atoms with van der Waals surface area (Å²) in [6.45, 7) is 1.59. The van der Waals surface area contributed by atoms with Crippen LogP contribution >= 0.6 is 15.9 Å². The van der Waals surface area contributed by atoms with Crippen LogP contribution in [0.4, 0.5) is 4.39 Å². The molecule has 1 heterocycles. The third kappa shape index (κ3) is 4.02. The van der Waals surface area contributed by atoms with Gasteiger partial charge in [0.05, 0.1) is 6.61 Å². The predicted molar refractivity (Wildman–Crippen MR) is 102 cm³/mol. The van der Waals surface area contributed by atoms with Crippen molar-refractivity contribution in [2.75, 3.05) is 20.6 Å². The molecule has 0 N–H and O–H groups in total. The van der Waals surface area contributed by atoms with Crippen molar-refractivity contribution in [1.82, 2.24) is 4.90 Å². The molecule has 1 aliphatic rings. The van der Waals surface area contributed by atoms with Crippen molar-refractivity contribution in [2.24, 2.45) is 0 Å². The second kappa shape index (κ2) is 8.28. The predicted octanol–water partition coefficient (Wildman–Crippen LogP) is 4.55. The number of ether oxygens (including phenoxy) is 1. The van der Waals surface area contributed by atoms with E-state index in [1.165, 1.54) is 23.3 Å². The van der Waals surface area contributed by atoms with Crippen LogP contribution in [0.1, 0.15) is 32.4 Å². The molecule has 0 saturated heterocycles. The molecule has 1 aliphatic heterocycles. The van der Waals surface area contributed by atoms with Gasteiger partial charge in [-0.25, -0.2) is 4.39 Å². The average molecular weight is 405 g/mol. The smallest absolute Gasteiger partial charge is 1.00 e. The van der Waals surface area contributed by atoms with E-state index in [0.29, 0.717) is 6.61 Å². The van der Waals surface area contributed by atoms with Gasteiger partial charge in [-0.15, -0.1) is 0 Å². The Labute approximate surface area is 170 Å². The molecule has 126 valence electrons. The third-order valence-corrected chi connectivity index (χ3v) is 4.91. The topological polar surface area (TPSA) is 12.5 Å². The first kappa shape index (κ1) is 19.9. The van der Waals surface area contributed by atoms with Gasteiger partial charge in [0, 0.05) is 4.47 Å². The molecule has 2 nitrogen and oxygen atoms in total. The number of fused-ring (bicyclic) bond motifs is 1. The van der Waals surface area contributed by atoms with E-state index in [-0.39, 0.29) is 31.7 Å². The second-order valence-corrected chi connectivity index (χ2v) is 7.25. The van der Waals surface area contributed by atoms with Crippen LogP contribution in [-0.2, 0) is 16.9 Å². The van der Waals surface area contributed by atoms with Crippen molar-refractivity contribution in [2.45, 2.75) is 25.0 Å². The molecule has 0 spiro atoms. The van der Waals surface area contributed by atoms with E-state index in [1.54, 1.807) is 0 Å². The molecule has 2 aromatic rings. The first-order valence-corrected chi connectivity index (χ1v) is 8.64. The van der Waals surface area contributed by atoms with Gasteiger partial charge in [0.25, 0.3) is 0 Å². The van der Waals surface area contributed by atoms with Gasteiger partial charge in [0.2, 0.25) is 0 Å². The molecule has 0 radical (unpaired) electrons. The zero-order chi connectivity index (χ0) is 16.4. The van der Waals surface area contributed by atoms with E-state index < -0.39 is 5.60 Å². The monoisotopic (exact) mass is 403 g/mol. The molecule has 0 saturated carbocycles. The molecule has 0 fully saturated rings. The summed E-state index contributed by atoms with van der Waals surface area (Å²) >= 11 is 3.53. The van der Waals surface area contributed by atoms with Gasteiger partial charge in [-0.2, -0.15) is 0 Å². The summed E-state index contributed by atoms with van der Waals surface area (Å²) in [5.41, 5.74) is 2.96. The summed E-state index contributed by atoms with van der Waals surface area (Å²) in [4.78, 5) is 2.18. The Hall–Kier alpha value is -0.464. The first-order valence-electron chi connectivity index (χ1n) is 7.85. The summed E-state index contributed by atoms with van der Waals surface area (Å²) in [6, 6.07) is 13.0. The molecule has 0 bridgehead atoms. The Kier molecular flexibility index (Phi) is 6.85. The van der Waals surface area contributed by atoms with Gasteiger partial charge < -0.3 is 12.5 Å². The molecule has 3 rings (SSSR count). The fourth-order valence-corrected chi connectivity index (χ4v) is 3.72. The summed E-state index contributed by atoms with van der Waals surface area (Å²) in [5, 5.41) is 0. The maximum atomic E-state index is 13.4. The Morgan fingerprint density at radius 3 is 2.58 bits per heavy atom. The fourth-order valence-electron chi connectivity index (χ4n) is 3.31. The van der Waals surface area contributed by atoms with Crippen LogP contribution < -0.4 is 0 Å². The minimum Gasteiger partial charge on any atom is -1.00 e. The molecule has 0 amide bonds. The van der Waals surface area contributed by atoms with Crippen molar-refractivity contribution in [3.8, 4) is 0 Å². The molecule has 0 aliphatic carbocycles. The van der Waals surface area contributed by atoms with Crippen LogP contribution in [0.3, 0.4) is 0 Å². The average Bonchev–Trinajstić information content (AvgIpc) is 2.87. The van der Waals surface area contributed by atoms with E-state index in [1.807, 2.05) is 12.1 Å². The van der Waals surface area contributed by atoms with Crippen LogP contribution in [0.25, 0.3) is 0 Å². The molecule has 24 heavy (non-hydrogen) atoms. The summed E-state index contributed by atoms with van der Waals surface area (Å²) in [7, 11) is 4.15. The molecule has 2 aromatic carbocycles. The summed E-state index contributed by atoms with van der Waals surface area (Å²) in [5.74, 6) is -0.216. The maximum absolute atomic E-state index is 13.4. The normalized spacial score (nSPS) is 19.2. The van der Waals surface area contributed by atoms with E-state index in [2.05, 4.69) is 53.1 Å². The van der Waals surface area contributed by atoms with E-state index in [0.717, 1.165) is 29.4 Å². The van der Waals surface area contributed by atoms with E-state index in [9.17, 15) is 4.39 Å². The minimum absolute atomic E-state index is 0. The number of benzene rings is 2. The van der Waals surface area contributed by atoms with Gasteiger partial charge >= 0.3 is 23.1 Å².